The molecule has 8 heteroatoms. The molecule has 4 rings (SSSR count). The fourth-order valence-electron chi connectivity index (χ4n) is 4.23. The maximum absolute atomic E-state index is 13.1. The van der Waals surface area contributed by atoms with Crippen molar-refractivity contribution in [1.29, 1.82) is 0 Å². The summed E-state index contributed by atoms with van der Waals surface area (Å²) in [6.45, 7) is -0.569. The third-order valence-electron chi connectivity index (χ3n) is 5.89. The van der Waals surface area contributed by atoms with E-state index in [1.807, 2.05) is 42.5 Å². The minimum absolute atomic E-state index is 0.107. The van der Waals surface area contributed by atoms with Crippen LogP contribution in [0.25, 0.3) is 0 Å². The minimum atomic E-state index is -1.15. The Balaban J connectivity index is 1.49. The number of esters is 1. The minimum Gasteiger partial charge on any atom is -0.454 e. The number of para-hydroxylation sites is 1. The molecule has 2 aliphatic rings. The number of likely N-dealkylation sites (tertiary alicyclic amines) is 1. The van der Waals surface area contributed by atoms with Crippen molar-refractivity contribution < 1.29 is 23.9 Å². The van der Waals surface area contributed by atoms with Gasteiger partial charge in [0, 0.05) is 6.42 Å². The Morgan fingerprint density at radius 2 is 1.58 bits per heavy atom. The number of benzene rings is 2. The molecule has 0 radical (unpaired) electrons. The number of anilines is 1. The summed E-state index contributed by atoms with van der Waals surface area (Å²) in [4.78, 5) is 52.6. The van der Waals surface area contributed by atoms with Crippen molar-refractivity contribution in [2.75, 3.05) is 11.9 Å². The van der Waals surface area contributed by atoms with Crippen molar-refractivity contribution >= 4 is 41.0 Å². The average molecular weight is 467 g/mol. The van der Waals surface area contributed by atoms with Crippen molar-refractivity contribution in [1.82, 2.24) is 4.90 Å². The summed E-state index contributed by atoms with van der Waals surface area (Å²) in [6, 6.07) is 14.6. The molecule has 3 atom stereocenters. The Labute approximate surface area is 196 Å². The summed E-state index contributed by atoms with van der Waals surface area (Å²) in [5.74, 6) is -3.04. The van der Waals surface area contributed by atoms with Gasteiger partial charge in [-0.25, -0.2) is 4.79 Å². The topological polar surface area (TPSA) is 92.8 Å². The number of carbonyl (C=O) groups is 4. The van der Waals surface area contributed by atoms with Crippen LogP contribution >= 0.6 is 11.6 Å². The van der Waals surface area contributed by atoms with Crippen LogP contribution < -0.4 is 5.32 Å². The van der Waals surface area contributed by atoms with E-state index in [0.717, 1.165) is 10.5 Å². The Morgan fingerprint density at radius 3 is 2.21 bits per heavy atom. The van der Waals surface area contributed by atoms with E-state index in [1.165, 1.54) is 0 Å². The quantitative estimate of drug-likeness (QED) is 0.383. The highest BCUT2D eigenvalue weighted by atomic mass is 35.5. The molecule has 33 heavy (non-hydrogen) atoms. The number of ether oxygens (including phenoxy) is 1. The normalized spacial score (nSPS) is 20.3. The number of amides is 3. The van der Waals surface area contributed by atoms with Crippen LogP contribution in [0, 0.1) is 11.8 Å². The highest BCUT2D eigenvalue weighted by molar-refractivity contribution is 6.33. The molecule has 0 spiro atoms. The molecule has 1 aliphatic heterocycles. The molecule has 2 aromatic rings. The lowest BCUT2D eigenvalue weighted by Gasteiger charge is -2.25. The van der Waals surface area contributed by atoms with Gasteiger partial charge in [-0.05, 0) is 30.5 Å². The van der Waals surface area contributed by atoms with Crippen molar-refractivity contribution in [2.24, 2.45) is 11.8 Å². The zero-order chi connectivity index (χ0) is 23.4. The van der Waals surface area contributed by atoms with Gasteiger partial charge in [-0.3, -0.25) is 19.3 Å². The number of imide groups is 1. The summed E-state index contributed by atoms with van der Waals surface area (Å²) in [7, 11) is 0. The van der Waals surface area contributed by atoms with Crippen LogP contribution in [-0.2, 0) is 30.3 Å². The van der Waals surface area contributed by atoms with Gasteiger partial charge in [0.2, 0.25) is 11.8 Å². The maximum Gasteiger partial charge on any atom is 0.330 e. The first-order valence-electron chi connectivity index (χ1n) is 10.7. The lowest BCUT2D eigenvalue weighted by Crippen LogP contribution is -2.48. The van der Waals surface area contributed by atoms with E-state index in [9.17, 15) is 19.2 Å². The number of hydrogen-bond donors (Lipinski definition) is 1. The predicted octanol–water partition coefficient (Wildman–Crippen LogP) is 3.38. The Hall–Kier alpha value is -3.45. The van der Waals surface area contributed by atoms with Crippen LogP contribution in [0.1, 0.15) is 18.4 Å². The van der Waals surface area contributed by atoms with Crippen LogP contribution in [0.3, 0.4) is 0 Å². The summed E-state index contributed by atoms with van der Waals surface area (Å²) >= 11 is 6.04. The van der Waals surface area contributed by atoms with Crippen molar-refractivity contribution in [3.05, 3.63) is 77.3 Å². The molecule has 0 aromatic heterocycles. The second-order valence-electron chi connectivity index (χ2n) is 8.04. The molecule has 1 aliphatic carbocycles. The SMILES string of the molecule is O=C(COC(=O)[C@@H](Cc1ccccc1)N1C(=O)[C@H]2CC=CC[C@H]2C1=O)Nc1ccccc1Cl. The zero-order valence-corrected chi connectivity index (χ0v) is 18.5. The largest absolute Gasteiger partial charge is 0.454 e. The van der Waals surface area contributed by atoms with Crippen molar-refractivity contribution in [2.45, 2.75) is 25.3 Å². The van der Waals surface area contributed by atoms with Crippen LogP contribution in [0.4, 0.5) is 5.69 Å². The van der Waals surface area contributed by atoms with Gasteiger partial charge in [0.1, 0.15) is 6.04 Å². The van der Waals surface area contributed by atoms with E-state index >= 15 is 0 Å². The van der Waals surface area contributed by atoms with Crippen molar-refractivity contribution in [3.8, 4) is 0 Å². The first-order chi connectivity index (χ1) is 16.0. The fraction of sp³-hybridized carbons (Fsp3) is 0.280. The highest BCUT2D eigenvalue weighted by Gasteiger charge is 2.51. The molecule has 7 nitrogen and oxygen atoms in total. The van der Waals surface area contributed by atoms with Crippen molar-refractivity contribution in [3.63, 3.8) is 0 Å². The third-order valence-corrected chi connectivity index (χ3v) is 6.22. The van der Waals surface area contributed by atoms with Crippen LogP contribution in [0.15, 0.2) is 66.7 Å². The number of rotatable bonds is 7. The molecule has 0 saturated carbocycles. The highest BCUT2D eigenvalue weighted by Crippen LogP contribution is 2.36. The van der Waals surface area contributed by atoms with Crippen LogP contribution in [-0.4, -0.2) is 41.2 Å². The molecular weight excluding hydrogens is 444 g/mol. The molecule has 170 valence electrons. The van der Waals surface area contributed by atoms with Crippen LogP contribution in [0.5, 0.6) is 0 Å². The summed E-state index contributed by atoms with van der Waals surface area (Å²) in [5, 5.41) is 2.93. The van der Waals surface area contributed by atoms with E-state index in [0.29, 0.717) is 23.6 Å². The maximum atomic E-state index is 13.1. The molecule has 1 heterocycles. The van der Waals surface area contributed by atoms with Gasteiger partial charge in [0.25, 0.3) is 5.91 Å². The monoisotopic (exact) mass is 466 g/mol. The molecule has 1 N–H and O–H groups in total. The third kappa shape index (κ3) is 4.98. The summed E-state index contributed by atoms with van der Waals surface area (Å²) in [5.41, 5.74) is 1.16. The first kappa shape index (κ1) is 22.7. The second-order valence-corrected chi connectivity index (χ2v) is 8.45. The lowest BCUT2D eigenvalue weighted by atomic mass is 9.85. The van der Waals surface area contributed by atoms with Gasteiger partial charge >= 0.3 is 5.97 Å². The lowest BCUT2D eigenvalue weighted by molar-refractivity contribution is -0.159. The van der Waals surface area contributed by atoms with Gasteiger partial charge < -0.3 is 10.1 Å². The summed E-state index contributed by atoms with van der Waals surface area (Å²) in [6.07, 6.45) is 4.83. The first-order valence-corrected chi connectivity index (χ1v) is 11.1. The van der Waals surface area contributed by atoms with E-state index in [2.05, 4.69) is 5.32 Å². The smallest absolute Gasteiger partial charge is 0.330 e. The Bertz CT molecular complexity index is 1070. The average Bonchev–Trinajstić information content (AvgIpc) is 3.08. The van der Waals surface area contributed by atoms with E-state index < -0.39 is 36.4 Å². The molecule has 0 unspecified atom stereocenters. The van der Waals surface area contributed by atoms with Gasteiger partial charge in [0.15, 0.2) is 6.61 Å². The van der Waals surface area contributed by atoms with Gasteiger partial charge in [-0.1, -0.05) is 66.2 Å². The molecular formula is C25H23ClN2O5. The van der Waals surface area contributed by atoms with E-state index in [4.69, 9.17) is 16.3 Å². The molecule has 2 aromatic carbocycles. The van der Waals surface area contributed by atoms with Crippen LogP contribution in [0.2, 0.25) is 5.02 Å². The van der Waals surface area contributed by atoms with Gasteiger partial charge in [-0.2, -0.15) is 0 Å². The molecule has 1 fully saturated rings. The number of allylic oxidation sites excluding steroid dienone is 2. The number of nitrogens with one attached hydrogen (secondary N) is 1. The number of carbonyl (C=O) groups excluding carboxylic acids is 4. The zero-order valence-electron chi connectivity index (χ0n) is 17.8. The standard InChI is InChI=1S/C25H23ClN2O5/c26-19-12-6-7-13-20(19)27-22(29)15-33-25(32)21(14-16-8-2-1-3-9-16)28-23(30)17-10-4-5-11-18(17)24(28)31/h1-9,12-13,17-18,21H,10-11,14-15H2,(H,27,29)/t17-,18+,21-/m1/s1. The predicted molar refractivity (Wildman–Crippen MR) is 122 cm³/mol. The number of hydrogen-bond acceptors (Lipinski definition) is 5. The van der Waals surface area contributed by atoms with Gasteiger partial charge in [-0.15, -0.1) is 0 Å². The molecule has 3 amide bonds. The number of halogens is 1. The summed E-state index contributed by atoms with van der Waals surface area (Å²) < 4.78 is 5.26. The molecule has 0 bridgehead atoms. The van der Waals surface area contributed by atoms with Gasteiger partial charge in [0.05, 0.1) is 22.5 Å². The van der Waals surface area contributed by atoms with E-state index in [1.54, 1.807) is 24.3 Å². The fourth-order valence-corrected chi connectivity index (χ4v) is 4.42. The Morgan fingerprint density at radius 1 is 0.970 bits per heavy atom. The Kier molecular flexibility index (Phi) is 6.89. The second kappa shape index (κ2) is 10.0. The van der Waals surface area contributed by atoms with E-state index in [-0.39, 0.29) is 18.2 Å². The number of nitrogens with zero attached hydrogens (tertiary/aromatic N) is 1. The number of fused-ring (bicyclic) bond motifs is 1. The molecule has 1 saturated heterocycles.